The number of aldehydes is 1. The van der Waals surface area contributed by atoms with Gasteiger partial charge in [-0.3, -0.25) is 24.8 Å². The molecule has 0 aromatic carbocycles. The first kappa shape index (κ1) is 8.43. The number of nitrogens with zero attached hydrogens (tertiary/aromatic N) is 1. The molecule has 2 aromatic heterocycles. The third-order valence-corrected chi connectivity index (χ3v) is 1.85. The topological polar surface area (TPSA) is 78.6 Å². The summed E-state index contributed by atoms with van der Waals surface area (Å²) >= 11 is 0. The zero-order valence-corrected chi connectivity index (χ0v) is 7.15. The molecule has 0 spiro atoms. The molecular weight excluding hydrogens is 182 g/mol. The minimum absolute atomic E-state index is 0.216. The van der Waals surface area contributed by atoms with E-state index in [4.69, 9.17) is 0 Å². The molecule has 2 N–H and O–H groups in total. The monoisotopic (exact) mass is 189 g/mol. The molecule has 0 bridgehead atoms. The van der Waals surface area contributed by atoms with Gasteiger partial charge < -0.3 is 0 Å². The van der Waals surface area contributed by atoms with E-state index in [1.807, 2.05) is 0 Å². The fraction of sp³-hybridized carbons (Fsp3) is 0. The van der Waals surface area contributed by atoms with Gasteiger partial charge in [-0.1, -0.05) is 6.07 Å². The maximum absolute atomic E-state index is 11.3. The van der Waals surface area contributed by atoms with Crippen LogP contribution in [-0.4, -0.2) is 21.5 Å². The Kier molecular flexibility index (Phi) is 1.98. The highest BCUT2D eigenvalue weighted by atomic mass is 16.1. The summed E-state index contributed by atoms with van der Waals surface area (Å²) in [7, 11) is 0. The molecule has 0 aliphatic carbocycles. The maximum atomic E-state index is 11.3. The van der Waals surface area contributed by atoms with Crippen molar-refractivity contribution in [2.24, 2.45) is 0 Å². The molecule has 0 radical (unpaired) electrons. The molecule has 14 heavy (non-hydrogen) atoms. The zero-order valence-electron chi connectivity index (χ0n) is 7.15. The van der Waals surface area contributed by atoms with Crippen LogP contribution < -0.4 is 5.56 Å². The van der Waals surface area contributed by atoms with Crippen LogP contribution in [0.1, 0.15) is 10.5 Å². The number of nitrogens with one attached hydrogen (secondary N) is 2. The van der Waals surface area contributed by atoms with Crippen LogP contribution in [-0.2, 0) is 0 Å². The summed E-state index contributed by atoms with van der Waals surface area (Å²) in [4.78, 5) is 25.9. The largest absolute Gasteiger partial charge is 0.296 e. The molecule has 0 aliphatic rings. The lowest BCUT2D eigenvalue weighted by Gasteiger charge is -1.94. The minimum Gasteiger partial charge on any atom is -0.296 e. The minimum atomic E-state index is -0.342. The van der Waals surface area contributed by atoms with Gasteiger partial charge in [0, 0.05) is 6.20 Å². The quantitative estimate of drug-likeness (QED) is 0.678. The fourth-order valence-corrected chi connectivity index (χ4v) is 1.22. The highest BCUT2D eigenvalue weighted by Gasteiger charge is 2.11. The summed E-state index contributed by atoms with van der Waals surface area (Å²) in [5.74, 6) is 0. The van der Waals surface area contributed by atoms with E-state index in [1.54, 1.807) is 24.4 Å². The van der Waals surface area contributed by atoms with E-state index >= 15 is 0 Å². The van der Waals surface area contributed by atoms with Gasteiger partial charge in [0.1, 0.15) is 5.69 Å². The second-order valence-electron chi connectivity index (χ2n) is 2.70. The van der Waals surface area contributed by atoms with Crippen molar-refractivity contribution in [2.45, 2.75) is 0 Å². The molecule has 2 rings (SSSR count). The van der Waals surface area contributed by atoms with Crippen molar-refractivity contribution < 1.29 is 4.79 Å². The van der Waals surface area contributed by atoms with Crippen molar-refractivity contribution in [2.75, 3.05) is 0 Å². The summed E-state index contributed by atoms with van der Waals surface area (Å²) < 4.78 is 0. The molecule has 0 fully saturated rings. The Balaban J connectivity index is 2.67. The highest BCUT2D eigenvalue weighted by molar-refractivity contribution is 5.83. The highest BCUT2D eigenvalue weighted by Crippen LogP contribution is 2.12. The molecule has 2 aromatic rings. The first-order valence-electron chi connectivity index (χ1n) is 4.00. The average Bonchev–Trinajstić information content (AvgIpc) is 2.61. The zero-order chi connectivity index (χ0) is 9.97. The molecule has 0 aliphatic heterocycles. The Morgan fingerprint density at radius 3 is 2.79 bits per heavy atom. The second kappa shape index (κ2) is 3.29. The summed E-state index contributed by atoms with van der Waals surface area (Å²) in [6, 6.07) is 5.17. The normalized spacial score (nSPS) is 10.0. The summed E-state index contributed by atoms with van der Waals surface area (Å²) in [6.45, 7) is 0. The molecule has 2 heterocycles. The molecular formula is C9H7N3O2. The second-order valence-corrected chi connectivity index (χ2v) is 2.70. The molecule has 5 nitrogen and oxygen atoms in total. The number of aromatic nitrogens is 3. The Morgan fingerprint density at radius 1 is 1.29 bits per heavy atom. The fourth-order valence-electron chi connectivity index (χ4n) is 1.22. The Bertz CT molecular complexity index is 498. The molecule has 70 valence electrons. The van der Waals surface area contributed by atoms with E-state index < -0.39 is 0 Å². The maximum Gasteiger partial charge on any atom is 0.274 e. The van der Waals surface area contributed by atoms with E-state index in [2.05, 4.69) is 15.2 Å². The first-order valence-corrected chi connectivity index (χ1v) is 4.00. The van der Waals surface area contributed by atoms with Crippen molar-refractivity contribution in [1.82, 2.24) is 15.2 Å². The van der Waals surface area contributed by atoms with E-state index in [0.29, 0.717) is 12.0 Å². The van der Waals surface area contributed by atoms with Crippen molar-refractivity contribution in [3.8, 4) is 11.3 Å². The van der Waals surface area contributed by atoms with Gasteiger partial charge in [0.05, 0.1) is 11.3 Å². The van der Waals surface area contributed by atoms with E-state index in [0.717, 1.165) is 0 Å². The lowest BCUT2D eigenvalue weighted by molar-refractivity contribution is 0.111. The van der Waals surface area contributed by atoms with E-state index in [9.17, 15) is 9.59 Å². The van der Waals surface area contributed by atoms with Crippen LogP contribution in [0.4, 0.5) is 0 Å². The van der Waals surface area contributed by atoms with Gasteiger partial charge in [0.25, 0.3) is 5.56 Å². The van der Waals surface area contributed by atoms with Crippen LogP contribution in [0.5, 0.6) is 0 Å². The number of carbonyl (C=O) groups excluding carboxylic acids is 1. The first-order chi connectivity index (χ1) is 6.83. The van der Waals surface area contributed by atoms with Crippen molar-refractivity contribution in [3.05, 3.63) is 40.4 Å². The number of carbonyl (C=O) groups is 1. The average molecular weight is 189 g/mol. The van der Waals surface area contributed by atoms with Crippen LogP contribution >= 0.6 is 0 Å². The van der Waals surface area contributed by atoms with Gasteiger partial charge in [-0.2, -0.15) is 0 Å². The lowest BCUT2D eigenvalue weighted by atomic mass is 10.2. The Morgan fingerprint density at radius 2 is 2.14 bits per heavy atom. The van der Waals surface area contributed by atoms with Crippen LogP contribution in [0.2, 0.25) is 0 Å². The van der Waals surface area contributed by atoms with E-state index in [1.165, 1.54) is 0 Å². The molecule has 0 saturated heterocycles. The van der Waals surface area contributed by atoms with Gasteiger partial charge in [-0.05, 0) is 12.1 Å². The van der Waals surface area contributed by atoms with Crippen molar-refractivity contribution in [1.29, 1.82) is 0 Å². The number of pyridine rings is 1. The summed E-state index contributed by atoms with van der Waals surface area (Å²) in [5.41, 5.74) is 0.636. The predicted octanol–water partition coefficient (Wildman–Crippen LogP) is 0.577. The van der Waals surface area contributed by atoms with Gasteiger partial charge in [0.15, 0.2) is 6.29 Å². The number of H-pyrrole nitrogens is 2. The summed E-state index contributed by atoms with van der Waals surface area (Å²) in [6.07, 6.45) is 2.15. The number of hydrogen-bond acceptors (Lipinski definition) is 3. The van der Waals surface area contributed by atoms with Crippen molar-refractivity contribution >= 4 is 6.29 Å². The Hall–Kier alpha value is -2.17. The molecule has 0 amide bonds. The summed E-state index contributed by atoms with van der Waals surface area (Å²) in [5, 5.41) is 4.81. The Labute approximate surface area is 78.8 Å². The SMILES string of the molecule is O=Cc1[nH][nH]c(=O)c1-c1ccccn1. The van der Waals surface area contributed by atoms with Gasteiger partial charge in [-0.15, -0.1) is 0 Å². The standard InChI is InChI=1S/C9H7N3O2/c13-5-7-8(9(14)12-11-7)6-3-1-2-4-10-6/h1-5H,(H2,11,12,14). The van der Waals surface area contributed by atoms with Gasteiger partial charge in [-0.25, -0.2) is 0 Å². The number of aromatic amines is 2. The third kappa shape index (κ3) is 1.24. The molecule has 0 saturated carbocycles. The van der Waals surface area contributed by atoms with Gasteiger partial charge >= 0.3 is 0 Å². The molecule has 5 heteroatoms. The third-order valence-electron chi connectivity index (χ3n) is 1.85. The van der Waals surface area contributed by atoms with Crippen LogP contribution in [0, 0.1) is 0 Å². The lowest BCUT2D eigenvalue weighted by Crippen LogP contribution is -2.03. The van der Waals surface area contributed by atoms with E-state index in [-0.39, 0.29) is 16.8 Å². The molecule has 0 atom stereocenters. The van der Waals surface area contributed by atoms with Crippen LogP contribution in [0.3, 0.4) is 0 Å². The van der Waals surface area contributed by atoms with Crippen LogP contribution in [0.15, 0.2) is 29.2 Å². The van der Waals surface area contributed by atoms with Gasteiger partial charge in [0.2, 0.25) is 0 Å². The van der Waals surface area contributed by atoms with Crippen LogP contribution in [0.25, 0.3) is 11.3 Å². The van der Waals surface area contributed by atoms with Crippen molar-refractivity contribution in [3.63, 3.8) is 0 Å². The smallest absolute Gasteiger partial charge is 0.274 e. The number of rotatable bonds is 2. The molecule has 0 unspecified atom stereocenters. The number of hydrogen-bond donors (Lipinski definition) is 2. The predicted molar refractivity (Wildman–Crippen MR) is 50.0 cm³/mol.